The summed E-state index contributed by atoms with van der Waals surface area (Å²) in [6.07, 6.45) is -3.65. The highest BCUT2D eigenvalue weighted by atomic mass is 32.1. The van der Waals surface area contributed by atoms with Crippen LogP contribution < -0.4 is 10.9 Å². The SMILES string of the molecule is O=C(Cn1cccc(C(F)(F)F)c1=O)Nc1nncs1. The maximum absolute atomic E-state index is 12.5. The molecule has 0 unspecified atom stereocenters. The van der Waals surface area contributed by atoms with Gasteiger partial charge >= 0.3 is 6.18 Å². The van der Waals surface area contributed by atoms with E-state index in [9.17, 15) is 22.8 Å². The van der Waals surface area contributed by atoms with E-state index in [0.717, 1.165) is 23.6 Å². The fourth-order valence-corrected chi connectivity index (χ4v) is 1.88. The van der Waals surface area contributed by atoms with Crippen molar-refractivity contribution in [2.75, 3.05) is 5.32 Å². The molecule has 2 heterocycles. The molecule has 0 atom stereocenters. The van der Waals surface area contributed by atoms with E-state index >= 15 is 0 Å². The zero-order valence-corrected chi connectivity index (χ0v) is 10.5. The summed E-state index contributed by atoms with van der Waals surface area (Å²) in [6, 6.07) is 1.73. The number of nitrogens with zero attached hydrogens (tertiary/aromatic N) is 3. The number of hydrogen-bond donors (Lipinski definition) is 1. The normalized spacial score (nSPS) is 11.3. The van der Waals surface area contributed by atoms with Gasteiger partial charge in [-0.2, -0.15) is 13.2 Å². The molecule has 0 fully saturated rings. The van der Waals surface area contributed by atoms with Crippen LogP contribution in [0.25, 0.3) is 0 Å². The van der Waals surface area contributed by atoms with E-state index in [4.69, 9.17) is 0 Å². The average molecular weight is 304 g/mol. The van der Waals surface area contributed by atoms with Crippen molar-refractivity contribution >= 4 is 22.4 Å². The number of pyridine rings is 1. The van der Waals surface area contributed by atoms with Crippen molar-refractivity contribution < 1.29 is 18.0 Å². The van der Waals surface area contributed by atoms with Gasteiger partial charge in [0.1, 0.15) is 17.6 Å². The van der Waals surface area contributed by atoms with Gasteiger partial charge < -0.3 is 4.57 Å². The molecule has 1 amide bonds. The van der Waals surface area contributed by atoms with Crippen molar-refractivity contribution in [2.45, 2.75) is 12.7 Å². The molecule has 0 saturated heterocycles. The third-order valence-corrected chi connectivity index (χ3v) is 2.85. The van der Waals surface area contributed by atoms with E-state index in [1.54, 1.807) is 0 Å². The van der Waals surface area contributed by atoms with Crippen molar-refractivity contribution in [1.29, 1.82) is 0 Å². The number of hydrogen-bond acceptors (Lipinski definition) is 5. The van der Waals surface area contributed by atoms with E-state index in [1.807, 2.05) is 0 Å². The summed E-state index contributed by atoms with van der Waals surface area (Å²) in [6.45, 7) is -0.539. The fourth-order valence-electron chi connectivity index (χ4n) is 1.42. The molecule has 0 spiro atoms. The van der Waals surface area contributed by atoms with Crippen LogP contribution in [-0.2, 0) is 17.5 Å². The predicted molar refractivity (Wildman–Crippen MR) is 64.2 cm³/mol. The molecule has 0 aliphatic carbocycles. The molecule has 0 aliphatic rings. The highest BCUT2D eigenvalue weighted by molar-refractivity contribution is 7.13. The number of rotatable bonds is 3. The van der Waals surface area contributed by atoms with Crippen molar-refractivity contribution in [3.8, 4) is 0 Å². The number of anilines is 1. The molecular formula is C10H7F3N4O2S. The number of carbonyl (C=O) groups excluding carboxylic acids is 1. The molecule has 0 aromatic carbocycles. The van der Waals surface area contributed by atoms with Gasteiger partial charge in [0.15, 0.2) is 0 Å². The summed E-state index contributed by atoms with van der Waals surface area (Å²) in [5.41, 5.74) is -1.21. The highest BCUT2D eigenvalue weighted by Gasteiger charge is 2.34. The van der Waals surface area contributed by atoms with Gasteiger partial charge in [0.05, 0.1) is 0 Å². The van der Waals surface area contributed by atoms with Gasteiger partial charge in [-0.05, 0) is 12.1 Å². The molecule has 2 aromatic rings. The maximum atomic E-state index is 12.5. The van der Waals surface area contributed by atoms with Crippen LogP contribution in [0.1, 0.15) is 5.56 Å². The number of carbonyl (C=O) groups is 1. The summed E-state index contributed by atoms with van der Waals surface area (Å²) in [4.78, 5) is 23.2. The van der Waals surface area contributed by atoms with Crippen LogP contribution in [0.2, 0.25) is 0 Å². The van der Waals surface area contributed by atoms with Gasteiger partial charge in [0.25, 0.3) is 5.56 Å². The first kappa shape index (κ1) is 14.2. The quantitative estimate of drug-likeness (QED) is 0.929. The molecule has 20 heavy (non-hydrogen) atoms. The first-order valence-electron chi connectivity index (χ1n) is 5.20. The first-order valence-corrected chi connectivity index (χ1v) is 6.08. The second-order valence-corrected chi connectivity index (χ2v) is 4.48. The Morgan fingerprint density at radius 3 is 2.80 bits per heavy atom. The lowest BCUT2D eigenvalue weighted by atomic mass is 10.2. The Kier molecular flexibility index (Phi) is 3.84. The Hall–Kier alpha value is -2.23. The molecule has 2 aromatic heterocycles. The Bertz CT molecular complexity index is 666. The largest absolute Gasteiger partial charge is 0.421 e. The molecule has 10 heteroatoms. The van der Waals surface area contributed by atoms with Crippen LogP contribution in [0.5, 0.6) is 0 Å². The topological polar surface area (TPSA) is 76.9 Å². The van der Waals surface area contributed by atoms with Crippen molar-refractivity contribution in [1.82, 2.24) is 14.8 Å². The molecule has 0 saturated carbocycles. The second kappa shape index (κ2) is 5.41. The molecular weight excluding hydrogens is 297 g/mol. The summed E-state index contributed by atoms with van der Waals surface area (Å²) in [5, 5.41) is 9.55. The third kappa shape index (κ3) is 3.20. The Labute approximate surface area is 113 Å². The zero-order valence-electron chi connectivity index (χ0n) is 9.72. The molecule has 2 rings (SSSR count). The fraction of sp³-hybridized carbons (Fsp3) is 0.200. The number of halogens is 3. The zero-order chi connectivity index (χ0) is 14.8. The molecule has 106 valence electrons. The third-order valence-electron chi connectivity index (χ3n) is 2.25. The van der Waals surface area contributed by atoms with Crippen LogP contribution in [0, 0.1) is 0 Å². The van der Waals surface area contributed by atoms with Gasteiger partial charge in [-0.1, -0.05) is 11.3 Å². The highest BCUT2D eigenvalue weighted by Crippen LogP contribution is 2.25. The number of nitrogens with one attached hydrogen (secondary N) is 1. The van der Waals surface area contributed by atoms with Crippen LogP contribution in [0.15, 0.2) is 28.6 Å². The Balaban J connectivity index is 2.18. The average Bonchev–Trinajstić information content (AvgIpc) is 2.83. The lowest BCUT2D eigenvalue weighted by molar-refractivity contribution is -0.139. The first-order chi connectivity index (χ1) is 9.38. The molecule has 6 nitrogen and oxygen atoms in total. The van der Waals surface area contributed by atoms with Crippen molar-refractivity contribution in [3.05, 3.63) is 39.8 Å². The van der Waals surface area contributed by atoms with E-state index < -0.39 is 29.8 Å². The number of aromatic nitrogens is 3. The standard InChI is InChI=1S/C10H7F3N4O2S/c11-10(12,13)6-2-1-3-17(8(6)19)4-7(18)15-9-16-14-5-20-9/h1-3,5H,4H2,(H,15,16,18). The van der Waals surface area contributed by atoms with Crippen molar-refractivity contribution in [2.24, 2.45) is 0 Å². The minimum Gasteiger partial charge on any atom is -0.306 e. The second-order valence-electron chi connectivity index (χ2n) is 3.64. The maximum Gasteiger partial charge on any atom is 0.421 e. The lowest BCUT2D eigenvalue weighted by Gasteiger charge is -2.09. The van der Waals surface area contributed by atoms with Gasteiger partial charge in [-0.15, -0.1) is 10.2 Å². The van der Waals surface area contributed by atoms with Crippen LogP contribution in [0.3, 0.4) is 0 Å². The Morgan fingerprint density at radius 2 is 2.20 bits per heavy atom. The monoisotopic (exact) mass is 304 g/mol. The number of amides is 1. The van der Waals surface area contributed by atoms with E-state index in [2.05, 4.69) is 15.5 Å². The minimum atomic E-state index is -4.75. The molecule has 0 radical (unpaired) electrons. The van der Waals surface area contributed by atoms with Gasteiger partial charge in [-0.25, -0.2) is 0 Å². The van der Waals surface area contributed by atoms with Crippen LogP contribution in [0.4, 0.5) is 18.3 Å². The molecule has 0 bridgehead atoms. The van der Waals surface area contributed by atoms with Gasteiger partial charge in [0, 0.05) is 6.20 Å². The van der Waals surface area contributed by atoms with Crippen molar-refractivity contribution in [3.63, 3.8) is 0 Å². The van der Waals surface area contributed by atoms with E-state index in [0.29, 0.717) is 10.6 Å². The summed E-state index contributed by atoms with van der Waals surface area (Å²) in [7, 11) is 0. The van der Waals surface area contributed by atoms with Crippen LogP contribution in [-0.4, -0.2) is 20.7 Å². The van der Waals surface area contributed by atoms with E-state index in [1.165, 1.54) is 5.51 Å². The molecule has 0 aliphatic heterocycles. The molecule has 1 N–H and O–H groups in total. The predicted octanol–water partition coefficient (Wildman–Crippen LogP) is 1.36. The van der Waals surface area contributed by atoms with Gasteiger partial charge in [-0.3, -0.25) is 14.9 Å². The number of alkyl halides is 3. The summed E-state index contributed by atoms with van der Waals surface area (Å²) in [5.74, 6) is -0.664. The summed E-state index contributed by atoms with van der Waals surface area (Å²) >= 11 is 1.05. The lowest BCUT2D eigenvalue weighted by Crippen LogP contribution is -2.31. The van der Waals surface area contributed by atoms with Gasteiger partial charge in [0.2, 0.25) is 11.0 Å². The van der Waals surface area contributed by atoms with Crippen LogP contribution >= 0.6 is 11.3 Å². The Morgan fingerprint density at radius 1 is 1.45 bits per heavy atom. The summed E-state index contributed by atoms with van der Waals surface area (Å²) < 4.78 is 38.3. The minimum absolute atomic E-state index is 0.204. The smallest absolute Gasteiger partial charge is 0.306 e. The van der Waals surface area contributed by atoms with E-state index in [-0.39, 0.29) is 5.13 Å².